The Labute approximate surface area is 163 Å². The van der Waals surface area contributed by atoms with Gasteiger partial charge in [0, 0.05) is 25.2 Å². The maximum absolute atomic E-state index is 13.1. The normalized spacial score (nSPS) is 14.5. The van der Waals surface area contributed by atoms with E-state index in [-0.39, 0.29) is 28.4 Å². The number of benzene rings is 2. The van der Waals surface area contributed by atoms with Crippen LogP contribution in [0.1, 0.15) is 28.8 Å². The maximum atomic E-state index is 13.1. The quantitative estimate of drug-likeness (QED) is 0.785. The first-order valence-electron chi connectivity index (χ1n) is 8.11. The summed E-state index contributed by atoms with van der Waals surface area (Å²) in [6, 6.07) is 11.2. The van der Waals surface area contributed by atoms with Gasteiger partial charge in [0.1, 0.15) is 0 Å². The van der Waals surface area contributed by atoms with Crippen LogP contribution < -0.4 is 5.32 Å². The largest absolute Gasteiger partial charge is 0.355 e. The SMILES string of the molecule is CNC(=O)c1ccc(CN(C2CC2)S(=O)(=O)c2ccc(Cl)c(Cl)c2)cc1. The molecule has 1 saturated carbocycles. The molecule has 1 N–H and O–H groups in total. The summed E-state index contributed by atoms with van der Waals surface area (Å²) in [5, 5.41) is 3.08. The van der Waals surface area contributed by atoms with E-state index < -0.39 is 10.0 Å². The van der Waals surface area contributed by atoms with Crippen molar-refractivity contribution >= 4 is 39.1 Å². The molecule has 3 rings (SSSR count). The van der Waals surface area contributed by atoms with Crippen molar-refractivity contribution in [3.05, 3.63) is 63.6 Å². The van der Waals surface area contributed by atoms with Crippen molar-refractivity contribution < 1.29 is 13.2 Å². The van der Waals surface area contributed by atoms with Gasteiger partial charge in [-0.15, -0.1) is 0 Å². The van der Waals surface area contributed by atoms with Crippen LogP contribution in [-0.2, 0) is 16.6 Å². The summed E-state index contributed by atoms with van der Waals surface area (Å²) >= 11 is 11.9. The lowest BCUT2D eigenvalue weighted by Gasteiger charge is -2.22. The van der Waals surface area contributed by atoms with Crippen LogP contribution in [0.25, 0.3) is 0 Å². The van der Waals surface area contributed by atoms with Gasteiger partial charge in [0.05, 0.1) is 14.9 Å². The highest BCUT2D eigenvalue weighted by Crippen LogP contribution is 2.35. The minimum absolute atomic E-state index is 0.0203. The van der Waals surface area contributed by atoms with Gasteiger partial charge in [-0.2, -0.15) is 4.31 Å². The summed E-state index contributed by atoms with van der Waals surface area (Å²) < 4.78 is 27.6. The summed E-state index contributed by atoms with van der Waals surface area (Å²) in [6.07, 6.45) is 1.66. The van der Waals surface area contributed by atoms with Gasteiger partial charge in [-0.25, -0.2) is 8.42 Å². The number of amides is 1. The molecule has 1 aliphatic rings. The highest BCUT2D eigenvalue weighted by molar-refractivity contribution is 7.89. The van der Waals surface area contributed by atoms with Crippen LogP contribution in [0.5, 0.6) is 0 Å². The maximum Gasteiger partial charge on any atom is 0.251 e. The van der Waals surface area contributed by atoms with Gasteiger partial charge in [-0.3, -0.25) is 4.79 Å². The van der Waals surface area contributed by atoms with Crippen LogP contribution in [0.3, 0.4) is 0 Å². The molecule has 0 heterocycles. The first-order valence-corrected chi connectivity index (χ1v) is 10.3. The zero-order valence-corrected chi connectivity index (χ0v) is 16.4. The van der Waals surface area contributed by atoms with Crippen molar-refractivity contribution in [2.24, 2.45) is 0 Å². The lowest BCUT2D eigenvalue weighted by Crippen LogP contribution is -2.32. The Kier molecular flexibility index (Phi) is 5.58. The molecule has 0 saturated heterocycles. The van der Waals surface area contributed by atoms with E-state index in [2.05, 4.69) is 5.32 Å². The number of carbonyl (C=O) groups excluding carboxylic acids is 1. The van der Waals surface area contributed by atoms with E-state index >= 15 is 0 Å². The second-order valence-corrected chi connectivity index (χ2v) is 8.84. The average Bonchev–Trinajstić information content (AvgIpc) is 3.46. The molecule has 0 atom stereocenters. The molecule has 0 unspecified atom stereocenters. The Morgan fingerprint density at radius 3 is 2.31 bits per heavy atom. The van der Waals surface area contributed by atoms with Crippen molar-refractivity contribution in [3.63, 3.8) is 0 Å². The minimum Gasteiger partial charge on any atom is -0.355 e. The number of carbonyl (C=O) groups is 1. The fraction of sp³-hybridized carbons (Fsp3) is 0.278. The van der Waals surface area contributed by atoms with Gasteiger partial charge >= 0.3 is 0 Å². The predicted octanol–water partition coefficient (Wildman–Crippen LogP) is 3.71. The molecule has 2 aromatic rings. The molecule has 8 heteroatoms. The molecule has 138 valence electrons. The molecular formula is C18H18Cl2N2O3S. The van der Waals surface area contributed by atoms with E-state index in [0.717, 1.165) is 18.4 Å². The van der Waals surface area contributed by atoms with Crippen LogP contribution in [0.4, 0.5) is 0 Å². The second kappa shape index (κ2) is 7.56. The lowest BCUT2D eigenvalue weighted by molar-refractivity contribution is 0.0963. The third kappa shape index (κ3) is 4.04. The van der Waals surface area contributed by atoms with Crippen LogP contribution in [0.2, 0.25) is 10.0 Å². The van der Waals surface area contributed by atoms with Crippen molar-refractivity contribution in [2.75, 3.05) is 7.05 Å². The van der Waals surface area contributed by atoms with E-state index in [1.54, 1.807) is 31.3 Å². The predicted molar refractivity (Wildman–Crippen MR) is 102 cm³/mol. The summed E-state index contributed by atoms with van der Waals surface area (Å²) in [5.74, 6) is -0.181. The fourth-order valence-electron chi connectivity index (χ4n) is 2.63. The molecule has 0 bridgehead atoms. The Morgan fingerprint density at radius 1 is 1.12 bits per heavy atom. The van der Waals surface area contributed by atoms with E-state index in [9.17, 15) is 13.2 Å². The molecule has 5 nitrogen and oxygen atoms in total. The van der Waals surface area contributed by atoms with Gasteiger partial charge in [-0.1, -0.05) is 35.3 Å². The monoisotopic (exact) mass is 412 g/mol. The van der Waals surface area contributed by atoms with Gasteiger partial charge < -0.3 is 5.32 Å². The molecule has 26 heavy (non-hydrogen) atoms. The van der Waals surface area contributed by atoms with Crippen LogP contribution in [-0.4, -0.2) is 31.7 Å². The summed E-state index contributed by atoms with van der Waals surface area (Å²) in [4.78, 5) is 11.8. The molecule has 0 aliphatic heterocycles. The second-order valence-electron chi connectivity index (χ2n) is 6.13. The highest BCUT2D eigenvalue weighted by Gasteiger charge is 2.38. The Balaban J connectivity index is 1.87. The smallest absolute Gasteiger partial charge is 0.251 e. The van der Waals surface area contributed by atoms with E-state index in [1.807, 2.05) is 0 Å². The molecular weight excluding hydrogens is 395 g/mol. The zero-order valence-electron chi connectivity index (χ0n) is 14.1. The third-order valence-corrected chi connectivity index (χ3v) is 6.87. The van der Waals surface area contributed by atoms with Crippen molar-refractivity contribution in [3.8, 4) is 0 Å². The Morgan fingerprint density at radius 2 is 1.77 bits per heavy atom. The molecule has 0 radical (unpaired) electrons. The van der Waals surface area contributed by atoms with Crippen LogP contribution in [0, 0.1) is 0 Å². The number of hydrogen-bond acceptors (Lipinski definition) is 3. The summed E-state index contributed by atoms with van der Waals surface area (Å²) in [5.41, 5.74) is 1.34. The number of rotatable bonds is 6. The average molecular weight is 413 g/mol. The third-order valence-electron chi connectivity index (χ3n) is 4.23. The van der Waals surface area contributed by atoms with Crippen molar-refractivity contribution in [2.45, 2.75) is 30.3 Å². The van der Waals surface area contributed by atoms with Crippen molar-refractivity contribution in [1.82, 2.24) is 9.62 Å². The molecule has 2 aromatic carbocycles. The van der Waals surface area contributed by atoms with Crippen LogP contribution in [0.15, 0.2) is 47.4 Å². The topological polar surface area (TPSA) is 66.5 Å². The molecule has 0 spiro atoms. The van der Waals surface area contributed by atoms with Gasteiger partial charge in [-0.05, 0) is 48.7 Å². The number of sulfonamides is 1. The minimum atomic E-state index is -3.70. The molecule has 0 aromatic heterocycles. The van der Waals surface area contributed by atoms with Gasteiger partial charge in [0.25, 0.3) is 5.91 Å². The highest BCUT2D eigenvalue weighted by atomic mass is 35.5. The number of hydrogen-bond donors (Lipinski definition) is 1. The first kappa shape index (κ1) is 19.2. The van der Waals surface area contributed by atoms with Crippen molar-refractivity contribution in [1.29, 1.82) is 0 Å². The standard InChI is InChI=1S/C18H18Cl2N2O3S/c1-21-18(23)13-4-2-12(3-5-13)11-22(14-6-7-14)26(24,25)15-8-9-16(19)17(20)10-15/h2-5,8-10,14H,6-7,11H2,1H3,(H,21,23). The Bertz CT molecular complexity index is 926. The van der Waals surface area contributed by atoms with E-state index in [0.29, 0.717) is 10.6 Å². The van der Waals surface area contributed by atoms with Crippen LogP contribution >= 0.6 is 23.2 Å². The number of nitrogens with zero attached hydrogens (tertiary/aromatic N) is 1. The summed E-state index contributed by atoms with van der Waals surface area (Å²) in [7, 11) is -2.13. The first-order chi connectivity index (χ1) is 12.3. The number of halogens is 2. The zero-order chi connectivity index (χ0) is 18.9. The fourth-order valence-corrected chi connectivity index (χ4v) is 4.69. The van der Waals surface area contributed by atoms with E-state index in [1.165, 1.54) is 22.5 Å². The molecule has 1 fully saturated rings. The lowest BCUT2D eigenvalue weighted by atomic mass is 10.1. The van der Waals surface area contributed by atoms with E-state index in [4.69, 9.17) is 23.2 Å². The van der Waals surface area contributed by atoms with Gasteiger partial charge in [0.2, 0.25) is 10.0 Å². The number of nitrogens with one attached hydrogen (secondary N) is 1. The van der Waals surface area contributed by atoms with Gasteiger partial charge in [0.15, 0.2) is 0 Å². The summed E-state index contributed by atoms with van der Waals surface area (Å²) in [6.45, 7) is 0.237. The molecule has 1 amide bonds. The molecule has 1 aliphatic carbocycles. The Hall–Kier alpha value is -1.60.